The number of ether oxygens (including phenoxy) is 1. The summed E-state index contributed by atoms with van der Waals surface area (Å²) in [6.07, 6.45) is 3.10. The average Bonchev–Trinajstić information content (AvgIpc) is 3.15. The second-order valence-electron chi connectivity index (χ2n) is 11.2. The Hall–Kier alpha value is -2.96. The van der Waals surface area contributed by atoms with Crippen molar-refractivity contribution in [1.29, 1.82) is 0 Å². The van der Waals surface area contributed by atoms with Gasteiger partial charge in [-0.05, 0) is 69.1 Å². The molecule has 0 aliphatic rings. The van der Waals surface area contributed by atoms with Gasteiger partial charge in [0.2, 0.25) is 5.91 Å². The molecule has 0 aliphatic heterocycles. The van der Waals surface area contributed by atoms with Crippen LogP contribution in [0, 0.1) is 19.8 Å². The van der Waals surface area contributed by atoms with E-state index in [0.717, 1.165) is 46.1 Å². The predicted molar refractivity (Wildman–Crippen MR) is 147 cm³/mol. The third kappa shape index (κ3) is 6.05. The number of nitrogens with zero attached hydrogens (tertiary/aromatic N) is 2. The predicted octanol–water partition coefficient (Wildman–Crippen LogP) is 5.26. The summed E-state index contributed by atoms with van der Waals surface area (Å²) in [5.41, 5.74) is 10.4. The molecule has 0 aliphatic carbocycles. The van der Waals surface area contributed by atoms with Crippen LogP contribution in [0.25, 0.3) is 10.9 Å². The Kier molecular flexibility index (Phi) is 8.42. The highest BCUT2D eigenvalue weighted by Crippen LogP contribution is 2.39. The number of esters is 1. The maximum Gasteiger partial charge on any atom is 0.328 e. The Labute approximate surface area is 215 Å². The molecule has 2 N–H and O–H groups in total. The van der Waals surface area contributed by atoms with Gasteiger partial charge in [0.1, 0.15) is 11.8 Å². The number of hydrogen-bond acceptors (Lipinski definition) is 5. The van der Waals surface area contributed by atoms with E-state index in [1.165, 1.54) is 0 Å². The summed E-state index contributed by atoms with van der Waals surface area (Å²) in [6.45, 7) is 12.7. The monoisotopic (exact) mass is 491 g/mol. The van der Waals surface area contributed by atoms with Crippen LogP contribution in [0.3, 0.4) is 0 Å². The molecule has 1 unspecified atom stereocenters. The molecule has 6 nitrogen and oxygen atoms in total. The number of aryl methyl sites for hydroxylation is 2. The lowest BCUT2D eigenvalue weighted by Crippen LogP contribution is -2.39. The zero-order valence-corrected chi connectivity index (χ0v) is 23.0. The van der Waals surface area contributed by atoms with Crippen LogP contribution in [0.5, 0.6) is 5.75 Å². The first kappa shape index (κ1) is 27.6. The van der Waals surface area contributed by atoms with Crippen LogP contribution in [-0.4, -0.2) is 48.0 Å². The molecule has 0 spiro atoms. The molecule has 0 saturated heterocycles. The van der Waals surface area contributed by atoms with Crippen LogP contribution in [0.1, 0.15) is 61.2 Å². The third-order valence-electron chi connectivity index (χ3n) is 6.81. The fourth-order valence-corrected chi connectivity index (χ4v) is 4.88. The summed E-state index contributed by atoms with van der Waals surface area (Å²) in [6, 6.07) is 11.3. The smallest absolute Gasteiger partial charge is 0.328 e. The molecular formula is C30H41N3O3. The fraction of sp³-hybridized carbons (Fsp3) is 0.467. The van der Waals surface area contributed by atoms with Gasteiger partial charge in [-0.2, -0.15) is 0 Å². The molecule has 0 fully saturated rings. The van der Waals surface area contributed by atoms with Crippen molar-refractivity contribution >= 4 is 22.8 Å². The summed E-state index contributed by atoms with van der Waals surface area (Å²) < 4.78 is 7.63. The summed E-state index contributed by atoms with van der Waals surface area (Å²) in [4.78, 5) is 28.6. The van der Waals surface area contributed by atoms with Crippen LogP contribution in [-0.2, 0) is 16.6 Å². The Morgan fingerprint density at radius 1 is 1.11 bits per heavy atom. The molecule has 0 amide bonds. The van der Waals surface area contributed by atoms with Crippen LogP contribution in [0.2, 0.25) is 0 Å². The van der Waals surface area contributed by atoms with Crippen molar-refractivity contribution in [3.8, 4) is 5.75 Å². The molecule has 3 aromatic rings. The largest absolute Gasteiger partial charge is 0.425 e. The van der Waals surface area contributed by atoms with Crippen molar-refractivity contribution < 1.29 is 14.3 Å². The Morgan fingerprint density at radius 3 is 2.42 bits per heavy atom. The quantitative estimate of drug-likeness (QED) is 0.326. The highest BCUT2D eigenvalue weighted by Gasteiger charge is 2.32. The molecule has 36 heavy (non-hydrogen) atoms. The Balaban J connectivity index is 1.97. The van der Waals surface area contributed by atoms with Crippen molar-refractivity contribution in [1.82, 2.24) is 9.47 Å². The number of likely N-dealkylation sites (N-methyl/N-ethyl adjacent to an activating group) is 1. The van der Waals surface area contributed by atoms with Crippen LogP contribution in [0.4, 0.5) is 0 Å². The number of rotatable bonds is 9. The van der Waals surface area contributed by atoms with Crippen molar-refractivity contribution in [3.63, 3.8) is 0 Å². The highest BCUT2D eigenvalue weighted by molar-refractivity contribution is 5.95. The molecular weight excluding hydrogens is 450 g/mol. The molecule has 1 atom stereocenters. The van der Waals surface area contributed by atoms with E-state index in [4.69, 9.17) is 10.5 Å². The first-order valence-electron chi connectivity index (χ1n) is 12.7. The van der Waals surface area contributed by atoms with Gasteiger partial charge >= 0.3 is 5.97 Å². The van der Waals surface area contributed by atoms with Crippen LogP contribution < -0.4 is 10.5 Å². The van der Waals surface area contributed by atoms with E-state index in [0.29, 0.717) is 5.75 Å². The van der Waals surface area contributed by atoms with Crippen molar-refractivity contribution in [2.75, 3.05) is 20.6 Å². The van der Waals surface area contributed by atoms with Crippen LogP contribution >= 0.6 is 0 Å². The molecule has 2 aromatic carbocycles. The normalized spacial score (nSPS) is 13.0. The van der Waals surface area contributed by atoms with Gasteiger partial charge in [-0.25, -0.2) is 4.79 Å². The van der Waals surface area contributed by atoms with Crippen molar-refractivity contribution in [3.05, 3.63) is 64.8 Å². The first-order valence-corrected chi connectivity index (χ1v) is 12.7. The van der Waals surface area contributed by atoms with Gasteiger partial charge in [-0.1, -0.05) is 52.0 Å². The fourth-order valence-electron chi connectivity index (χ4n) is 4.88. The molecule has 3 rings (SSSR count). The van der Waals surface area contributed by atoms with E-state index in [1.807, 2.05) is 72.0 Å². The summed E-state index contributed by atoms with van der Waals surface area (Å²) >= 11 is 0. The second kappa shape index (κ2) is 11.0. The van der Waals surface area contributed by atoms with E-state index in [2.05, 4.69) is 31.1 Å². The summed E-state index contributed by atoms with van der Waals surface area (Å²) in [5.74, 6) is -0.00987. The number of fused-ring (bicyclic) bond motifs is 1. The van der Waals surface area contributed by atoms with Gasteiger partial charge in [0.15, 0.2) is 0 Å². The van der Waals surface area contributed by atoms with Crippen molar-refractivity contribution in [2.45, 2.75) is 65.8 Å². The van der Waals surface area contributed by atoms with Gasteiger partial charge in [-0.3, -0.25) is 9.36 Å². The van der Waals surface area contributed by atoms with Gasteiger partial charge in [0, 0.05) is 35.5 Å². The molecule has 194 valence electrons. The number of para-hydroxylation sites is 1. The lowest BCUT2D eigenvalue weighted by atomic mass is 9.78. The zero-order valence-electron chi connectivity index (χ0n) is 23.0. The van der Waals surface area contributed by atoms with Crippen molar-refractivity contribution in [2.24, 2.45) is 11.7 Å². The molecule has 0 radical (unpaired) electrons. The molecule has 6 heteroatoms. The van der Waals surface area contributed by atoms with Gasteiger partial charge in [-0.15, -0.1) is 0 Å². The number of carbonyl (C=O) groups is 2. The van der Waals surface area contributed by atoms with Crippen LogP contribution in [0.15, 0.2) is 42.6 Å². The molecule has 1 heterocycles. The second-order valence-corrected chi connectivity index (χ2v) is 11.2. The van der Waals surface area contributed by atoms with E-state index >= 15 is 0 Å². The van der Waals surface area contributed by atoms with Gasteiger partial charge in [0.05, 0.1) is 5.52 Å². The maximum atomic E-state index is 13.7. The Morgan fingerprint density at radius 2 is 1.78 bits per heavy atom. The highest BCUT2D eigenvalue weighted by atomic mass is 16.5. The van der Waals surface area contributed by atoms with E-state index in [9.17, 15) is 9.59 Å². The number of benzene rings is 2. The summed E-state index contributed by atoms with van der Waals surface area (Å²) in [5, 5.41) is 1.11. The third-order valence-corrected chi connectivity index (χ3v) is 6.81. The minimum atomic E-state index is -0.713. The van der Waals surface area contributed by atoms with E-state index in [1.54, 1.807) is 4.57 Å². The molecule has 0 saturated carbocycles. The average molecular weight is 492 g/mol. The molecule has 0 bridgehead atoms. The van der Waals surface area contributed by atoms with E-state index < -0.39 is 17.4 Å². The number of nitrogens with two attached hydrogens (primary N) is 1. The van der Waals surface area contributed by atoms with E-state index in [-0.39, 0.29) is 18.2 Å². The standard InChI is InChI=1S/C30H41N3O3/c1-19(2)28(31)29(35)36-25-16-20(3)15-21(4)27(25)30(5,6)17-26(34)33-18-22(13-14-32(7)8)23-11-9-10-12-24(23)33/h9-12,15-16,18-19,28H,13-14,17,31H2,1-8H3. The number of aromatic nitrogens is 1. The summed E-state index contributed by atoms with van der Waals surface area (Å²) in [7, 11) is 4.10. The Bertz CT molecular complexity index is 1250. The first-order chi connectivity index (χ1) is 16.8. The SMILES string of the molecule is Cc1cc(C)c(C(C)(C)CC(=O)n2cc(CCN(C)C)c3ccccc32)c(OC(=O)C(N)C(C)C)c1. The number of hydrogen-bond donors (Lipinski definition) is 1. The minimum absolute atomic E-state index is 0.00318. The van der Waals surface area contributed by atoms with Gasteiger partial charge in [0.25, 0.3) is 0 Å². The topological polar surface area (TPSA) is 77.6 Å². The van der Waals surface area contributed by atoms with Gasteiger partial charge < -0.3 is 15.4 Å². The number of carbonyl (C=O) groups excluding carboxylic acids is 2. The minimum Gasteiger partial charge on any atom is -0.425 e. The lowest BCUT2D eigenvalue weighted by Gasteiger charge is -2.29. The lowest BCUT2D eigenvalue weighted by molar-refractivity contribution is -0.136. The maximum absolute atomic E-state index is 13.7. The molecule has 1 aromatic heterocycles. The zero-order chi connectivity index (χ0) is 26.8.